The van der Waals surface area contributed by atoms with Crippen LogP contribution in [0.1, 0.15) is 11.1 Å². The maximum atomic E-state index is 7.20. The molecule has 0 unspecified atom stereocenters. The standard InChI is InChI=1S/C92H60N4O2/c1-55-27-17-19-37-64(55)68-41-23-43-70-72-45-25-49-79(91(72)97-89(68)70)93(61-33-13-7-14-34-61)57(3)53-76-58(4)94-85-66(76)39-21-47-74(85)83-82(60-31-11-6-12-32-60)88-84(81(87(83)94)59-29-9-5-10-30-59)75-48-22-40-67-77-54-63(51-52-78(77)96(88)86(67)75)95(62-35-15-8-16-36-62)80-50-26-46-73-71-44-24-42-69(90(71)98-92(73)80)65-38-20-18-28-56(65)2/h5-54H,3-4H2,1-2H3/b76-53+. The van der Waals surface area contributed by atoms with Crippen molar-refractivity contribution in [3.8, 4) is 44.5 Å². The highest BCUT2D eigenvalue weighted by atomic mass is 16.3. The molecule has 0 bridgehead atoms. The van der Waals surface area contributed by atoms with Crippen LogP contribution >= 0.6 is 0 Å². The van der Waals surface area contributed by atoms with E-state index in [1.165, 1.54) is 43.8 Å². The van der Waals surface area contributed by atoms with Crippen LogP contribution in [0, 0.1) is 13.8 Å². The zero-order valence-corrected chi connectivity index (χ0v) is 53.9. The smallest absolute Gasteiger partial charge is 0.159 e. The number of para-hydroxylation sites is 8. The molecule has 20 rings (SSSR count). The fourth-order valence-electron chi connectivity index (χ4n) is 16.5. The second-order valence-electron chi connectivity index (χ2n) is 26.0. The number of benzene rings is 14. The van der Waals surface area contributed by atoms with Gasteiger partial charge in [0.2, 0.25) is 0 Å². The van der Waals surface area contributed by atoms with Gasteiger partial charge in [0, 0.05) is 115 Å². The second-order valence-corrected chi connectivity index (χ2v) is 26.0. The quantitative estimate of drug-likeness (QED) is 0.129. The molecule has 98 heavy (non-hydrogen) atoms. The number of hydrogen-bond donors (Lipinski definition) is 0. The van der Waals surface area contributed by atoms with Crippen LogP contribution in [-0.2, 0) is 0 Å². The number of fused-ring (bicyclic) bond motifs is 15. The Bertz CT molecular complexity index is 6800. The van der Waals surface area contributed by atoms with E-state index < -0.39 is 0 Å². The summed E-state index contributed by atoms with van der Waals surface area (Å²) >= 11 is 0. The average molecular weight is 1250 g/mol. The summed E-state index contributed by atoms with van der Waals surface area (Å²) in [4.78, 5) is 4.61. The normalized spacial score (nSPS) is 12.3. The summed E-state index contributed by atoms with van der Waals surface area (Å²) in [6.07, 6.45) is 2.24. The molecule has 20 aromatic rings. The molecule has 6 nitrogen and oxygen atoms in total. The summed E-state index contributed by atoms with van der Waals surface area (Å²) in [6.45, 7) is 14.4. The highest BCUT2D eigenvalue weighted by molar-refractivity contribution is 6.37. The van der Waals surface area contributed by atoms with Gasteiger partial charge in [-0.05, 0) is 108 Å². The maximum absolute atomic E-state index is 7.20. The van der Waals surface area contributed by atoms with Gasteiger partial charge in [-0.15, -0.1) is 0 Å². The second kappa shape index (κ2) is 21.3. The fourth-order valence-corrected chi connectivity index (χ4v) is 16.5. The topological polar surface area (TPSA) is 41.6 Å². The molecule has 6 heterocycles. The number of aryl methyl sites for hydroxylation is 2. The van der Waals surface area contributed by atoms with Gasteiger partial charge in [0.05, 0.1) is 39.0 Å². The van der Waals surface area contributed by atoms with Crippen LogP contribution in [0.25, 0.3) is 166 Å². The third-order valence-corrected chi connectivity index (χ3v) is 20.7. The summed E-state index contributed by atoms with van der Waals surface area (Å²) < 4.78 is 19.4. The van der Waals surface area contributed by atoms with Gasteiger partial charge >= 0.3 is 0 Å². The molecule has 0 aliphatic rings. The van der Waals surface area contributed by atoms with Gasteiger partial charge in [0.15, 0.2) is 11.2 Å². The van der Waals surface area contributed by atoms with Crippen molar-refractivity contribution < 1.29 is 8.83 Å². The van der Waals surface area contributed by atoms with Gasteiger partial charge in [-0.25, -0.2) is 0 Å². The first-order valence-corrected chi connectivity index (χ1v) is 33.5. The molecule has 0 amide bonds. The van der Waals surface area contributed by atoms with Crippen molar-refractivity contribution in [2.75, 3.05) is 9.80 Å². The minimum absolute atomic E-state index is 0.771. The third kappa shape index (κ3) is 7.91. The molecule has 0 saturated carbocycles. The van der Waals surface area contributed by atoms with Crippen LogP contribution in [0.4, 0.5) is 28.4 Å². The largest absolute Gasteiger partial charge is 0.453 e. The average Bonchev–Trinajstić information content (AvgIpc) is 1.50. The molecule has 6 heteroatoms. The van der Waals surface area contributed by atoms with Crippen molar-refractivity contribution in [2.45, 2.75) is 13.8 Å². The first-order chi connectivity index (χ1) is 48.4. The van der Waals surface area contributed by atoms with Crippen LogP contribution in [-0.4, -0.2) is 8.80 Å². The van der Waals surface area contributed by atoms with Crippen molar-refractivity contribution in [1.29, 1.82) is 0 Å². The lowest BCUT2D eigenvalue weighted by atomic mass is 9.89. The molecule has 0 aliphatic heterocycles. The Morgan fingerprint density at radius 2 is 0.776 bits per heavy atom. The minimum atomic E-state index is 0.771. The molecule has 6 aromatic heterocycles. The van der Waals surface area contributed by atoms with Crippen LogP contribution in [0.5, 0.6) is 0 Å². The Balaban J connectivity index is 0.829. The molecule has 0 N–H and O–H groups in total. The van der Waals surface area contributed by atoms with Gasteiger partial charge in [0.1, 0.15) is 11.2 Å². The van der Waals surface area contributed by atoms with E-state index in [4.69, 9.17) is 22.0 Å². The molecule has 0 spiro atoms. The van der Waals surface area contributed by atoms with E-state index in [-0.39, 0.29) is 0 Å². The Hall–Kier alpha value is -12.9. The Kier molecular flexibility index (Phi) is 12.1. The summed E-state index contributed by atoms with van der Waals surface area (Å²) in [7, 11) is 0. The van der Waals surface area contributed by atoms with Crippen molar-refractivity contribution in [2.24, 2.45) is 0 Å². The number of furan rings is 2. The van der Waals surface area contributed by atoms with Crippen LogP contribution in [0.3, 0.4) is 0 Å². The molecular weight excluding hydrogens is 1190 g/mol. The first kappa shape index (κ1) is 55.5. The van der Waals surface area contributed by atoms with Crippen LogP contribution in [0.15, 0.2) is 318 Å². The van der Waals surface area contributed by atoms with E-state index in [1.54, 1.807) is 0 Å². The molecule has 0 radical (unpaired) electrons. The van der Waals surface area contributed by atoms with E-state index in [2.05, 4.69) is 336 Å². The van der Waals surface area contributed by atoms with Gasteiger partial charge in [0.25, 0.3) is 0 Å². The number of nitrogens with zero attached hydrogens (tertiary/aromatic N) is 4. The predicted octanol–water partition coefficient (Wildman–Crippen LogP) is 23.9. The molecule has 14 aromatic carbocycles. The van der Waals surface area contributed by atoms with E-state index >= 15 is 0 Å². The maximum Gasteiger partial charge on any atom is 0.159 e. The van der Waals surface area contributed by atoms with Gasteiger partial charge in [-0.2, -0.15) is 0 Å². The summed E-state index contributed by atoms with van der Waals surface area (Å²) in [6, 6.07) is 107. The monoisotopic (exact) mass is 1250 g/mol. The minimum Gasteiger partial charge on any atom is -0.453 e. The lowest BCUT2D eigenvalue weighted by molar-refractivity contribution is 0.669. The number of hydrogen-bond acceptors (Lipinski definition) is 4. The fraction of sp³-hybridized carbons (Fsp3) is 0.0217. The SMILES string of the molecule is C=C(/C=c1\c(=C)n2c3c(-c4ccccc4)c4c5cccc6c7cc(N(c8ccccc8)c8cccc9c8oc8c(-c%10ccccc%10C)cccc89)ccc7n(c4c(-c4ccccc4)c3c3cccc1c32)c65)N(c1ccccc1)c1cccc2c1oc1c(-c3ccccc3C)cccc12. The zero-order valence-electron chi connectivity index (χ0n) is 53.9. The van der Waals surface area contributed by atoms with Crippen LogP contribution in [0.2, 0.25) is 0 Å². The van der Waals surface area contributed by atoms with Gasteiger partial charge in [-0.1, -0.05) is 256 Å². The van der Waals surface area contributed by atoms with Gasteiger partial charge < -0.3 is 27.4 Å². The molecular formula is C92H60N4O2. The lowest BCUT2D eigenvalue weighted by Gasteiger charge is -2.25. The highest BCUT2D eigenvalue weighted by Gasteiger charge is 2.32. The third-order valence-electron chi connectivity index (χ3n) is 20.7. The van der Waals surface area contributed by atoms with Crippen LogP contribution < -0.4 is 20.4 Å². The molecule has 0 saturated heterocycles. The molecule has 0 aliphatic carbocycles. The molecule has 460 valence electrons. The molecule has 0 atom stereocenters. The Labute approximate surface area is 563 Å². The van der Waals surface area contributed by atoms with Crippen molar-refractivity contribution in [1.82, 2.24) is 8.80 Å². The predicted molar refractivity (Wildman–Crippen MR) is 412 cm³/mol. The first-order valence-electron chi connectivity index (χ1n) is 33.5. The zero-order chi connectivity index (χ0) is 65.0. The van der Waals surface area contributed by atoms with E-state index in [9.17, 15) is 0 Å². The summed E-state index contributed by atoms with van der Waals surface area (Å²) in [5.74, 6) is 0. The highest BCUT2D eigenvalue weighted by Crippen LogP contribution is 2.54. The number of anilines is 5. The number of allylic oxidation sites excluding steroid dienone is 1. The van der Waals surface area contributed by atoms with Crippen molar-refractivity contribution in [3.05, 3.63) is 331 Å². The molecule has 0 fully saturated rings. The summed E-state index contributed by atoms with van der Waals surface area (Å²) in [5, 5.41) is 14.3. The number of aromatic nitrogens is 2. The number of rotatable bonds is 11. The van der Waals surface area contributed by atoms with Crippen molar-refractivity contribution >= 4 is 150 Å². The Morgan fingerprint density at radius 3 is 1.35 bits per heavy atom. The van der Waals surface area contributed by atoms with Crippen molar-refractivity contribution in [3.63, 3.8) is 0 Å². The Morgan fingerprint density at radius 1 is 0.347 bits per heavy atom. The van der Waals surface area contributed by atoms with E-state index in [0.717, 1.165) is 166 Å². The lowest BCUT2D eigenvalue weighted by Crippen LogP contribution is -2.26. The van der Waals surface area contributed by atoms with E-state index in [1.807, 2.05) is 0 Å². The van der Waals surface area contributed by atoms with Gasteiger partial charge in [-0.3, -0.25) is 0 Å². The summed E-state index contributed by atoms with van der Waals surface area (Å²) in [5.41, 5.74) is 26.2. The van der Waals surface area contributed by atoms with E-state index in [0.29, 0.717) is 0 Å².